The quantitative estimate of drug-likeness (QED) is 0.0261. The smallest absolute Gasteiger partial charge is 0.306 e. The van der Waals surface area contributed by atoms with Crippen molar-refractivity contribution in [3.63, 3.8) is 0 Å². The van der Waals surface area contributed by atoms with E-state index in [1.807, 2.05) is 0 Å². The fourth-order valence-electron chi connectivity index (χ4n) is 8.41. The molecular formula is C75H118O6. The lowest BCUT2D eigenvalue weighted by molar-refractivity contribution is -0.167. The van der Waals surface area contributed by atoms with E-state index < -0.39 is 6.10 Å². The molecule has 1 unspecified atom stereocenters. The van der Waals surface area contributed by atoms with Crippen molar-refractivity contribution >= 4 is 17.9 Å². The van der Waals surface area contributed by atoms with Gasteiger partial charge in [-0.1, -0.05) is 287 Å². The molecule has 1 atom stereocenters. The minimum atomic E-state index is -0.823. The lowest BCUT2D eigenvalue weighted by Gasteiger charge is -2.18. The minimum Gasteiger partial charge on any atom is -0.462 e. The summed E-state index contributed by atoms with van der Waals surface area (Å²) in [6.45, 7) is 6.34. The normalized spacial score (nSPS) is 13.3. The highest BCUT2D eigenvalue weighted by Gasteiger charge is 2.19. The van der Waals surface area contributed by atoms with E-state index in [1.54, 1.807) is 0 Å². The fraction of sp³-hybridized carbons (Fsp3) is 0.587. The molecule has 0 aromatic heterocycles. The third kappa shape index (κ3) is 65.5. The zero-order valence-corrected chi connectivity index (χ0v) is 52.0. The van der Waals surface area contributed by atoms with Gasteiger partial charge < -0.3 is 14.2 Å². The second kappa shape index (κ2) is 67.3. The van der Waals surface area contributed by atoms with Crippen molar-refractivity contribution in [2.75, 3.05) is 13.2 Å². The molecular weight excluding hydrogens is 997 g/mol. The lowest BCUT2D eigenvalue weighted by Crippen LogP contribution is -2.30. The van der Waals surface area contributed by atoms with Crippen molar-refractivity contribution in [3.05, 3.63) is 170 Å². The number of hydrogen-bond donors (Lipinski definition) is 0. The third-order valence-electron chi connectivity index (χ3n) is 13.2. The molecule has 0 saturated carbocycles. The maximum atomic E-state index is 12.9. The van der Waals surface area contributed by atoms with Crippen LogP contribution in [-0.4, -0.2) is 37.2 Å². The van der Waals surface area contributed by atoms with E-state index in [0.717, 1.165) is 154 Å². The second-order valence-corrected chi connectivity index (χ2v) is 20.9. The highest BCUT2D eigenvalue weighted by atomic mass is 16.6. The number of allylic oxidation sites excluding steroid dienone is 28. The monoisotopic (exact) mass is 1110 g/mol. The van der Waals surface area contributed by atoms with E-state index in [1.165, 1.54) is 64.2 Å². The van der Waals surface area contributed by atoms with Crippen LogP contribution in [0.2, 0.25) is 0 Å². The van der Waals surface area contributed by atoms with Crippen LogP contribution in [0, 0.1) is 0 Å². The number of hydrogen-bond acceptors (Lipinski definition) is 6. The summed E-state index contributed by atoms with van der Waals surface area (Å²) in [7, 11) is 0. The molecule has 0 aromatic rings. The molecule has 0 spiro atoms. The van der Waals surface area contributed by atoms with E-state index in [9.17, 15) is 14.4 Å². The van der Waals surface area contributed by atoms with Crippen molar-refractivity contribution in [3.8, 4) is 0 Å². The van der Waals surface area contributed by atoms with E-state index in [4.69, 9.17) is 14.2 Å². The van der Waals surface area contributed by atoms with Gasteiger partial charge in [0.05, 0.1) is 0 Å². The SMILES string of the molecule is CC/C=C\C/C=C\C/C=C\C/C=C\C/C=C\C/C=C\C/C=C\C/C=C\C/C=C\CCCCCCCC(=O)OCC(COC(=O)CCCCCCCCCCCCCCC)OC(=O)CCC/C=C\C/C=C\C/C=C\C/C=C\C/C=C\CC. The van der Waals surface area contributed by atoms with Gasteiger partial charge in [-0.05, 0) is 128 Å². The molecule has 0 heterocycles. The largest absolute Gasteiger partial charge is 0.462 e. The topological polar surface area (TPSA) is 78.9 Å². The van der Waals surface area contributed by atoms with Gasteiger partial charge in [0.15, 0.2) is 6.10 Å². The molecule has 0 aromatic carbocycles. The number of carbonyl (C=O) groups excluding carboxylic acids is 3. The highest BCUT2D eigenvalue weighted by molar-refractivity contribution is 5.71. The Labute approximate surface area is 498 Å². The Hall–Kier alpha value is -5.23. The first-order valence-electron chi connectivity index (χ1n) is 32.6. The maximum absolute atomic E-state index is 12.9. The molecule has 0 N–H and O–H groups in total. The Morgan fingerprint density at radius 1 is 0.259 bits per heavy atom. The molecule has 0 aliphatic carbocycles. The fourth-order valence-corrected chi connectivity index (χ4v) is 8.41. The van der Waals surface area contributed by atoms with Crippen LogP contribution in [-0.2, 0) is 28.6 Å². The molecule has 0 aliphatic rings. The standard InChI is InChI=1S/C75H118O6/c1-4-7-10-13-16-19-22-25-27-29-30-31-32-33-34-35-36-37-38-39-40-41-42-43-44-46-47-50-53-56-59-62-65-68-74(77)80-71-72(70-79-73(76)67-64-61-58-55-52-49-24-21-18-15-12-9-6-3)81-75(78)69-66-63-60-57-54-51-48-45-28-26-23-20-17-14-11-8-5-2/h7-8,10-11,16-17,19-20,25-28,30-31,33-34,36-37,39-40,42-43,46-48,51,57,60,72H,4-6,9,12-15,18,21-24,29,32,35,38,41,44-45,49-50,52-56,58-59,61-71H2,1-3H3/b10-7-,11-8-,19-16-,20-17-,27-25-,28-26-,31-30-,34-33-,37-36-,40-39-,43-42-,47-46-,51-48-,60-57-. The third-order valence-corrected chi connectivity index (χ3v) is 13.2. The number of ether oxygens (including phenoxy) is 3. The van der Waals surface area contributed by atoms with E-state index in [2.05, 4.69) is 191 Å². The van der Waals surface area contributed by atoms with Crippen LogP contribution in [0.25, 0.3) is 0 Å². The van der Waals surface area contributed by atoms with Gasteiger partial charge in [-0.15, -0.1) is 0 Å². The number of esters is 3. The summed E-state index contributed by atoms with van der Waals surface area (Å²) in [5, 5.41) is 0. The van der Waals surface area contributed by atoms with Crippen LogP contribution >= 0.6 is 0 Å². The van der Waals surface area contributed by atoms with Crippen LogP contribution in [0.1, 0.15) is 265 Å². The molecule has 6 heteroatoms. The molecule has 0 rings (SSSR count). The summed E-state index contributed by atoms with van der Waals surface area (Å²) >= 11 is 0. The first-order valence-corrected chi connectivity index (χ1v) is 32.6. The van der Waals surface area contributed by atoms with Crippen LogP contribution in [0.5, 0.6) is 0 Å². The van der Waals surface area contributed by atoms with Crippen LogP contribution < -0.4 is 0 Å². The van der Waals surface area contributed by atoms with E-state index in [0.29, 0.717) is 19.3 Å². The molecule has 0 saturated heterocycles. The summed E-state index contributed by atoms with van der Waals surface area (Å²) < 4.78 is 16.8. The highest BCUT2D eigenvalue weighted by Crippen LogP contribution is 2.15. The van der Waals surface area contributed by atoms with E-state index in [-0.39, 0.29) is 37.5 Å². The van der Waals surface area contributed by atoms with Crippen LogP contribution in [0.4, 0.5) is 0 Å². The molecule has 0 fully saturated rings. The maximum Gasteiger partial charge on any atom is 0.306 e. The predicted octanol–water partition coefficient (Wildman–Crippen LogP) is 22.7. The van der Waals surface area contributed by atoms with Crippen LogP contribution in [0.15, 0.2) is 170 Å². The Balaban J connectivity index is 4.40. The first kappa shape index (κ1) is 75.8. The summed E-state index contributed by atoms with van der Waals surface area (Å²) in [6.07, 6.45) is 99.4. The van der Waals surface area contributed by atoms with Gasteiger partial charge in [-0.25, -0.2) is 0 Å². The number of unbranched alkanes of at least 4 members (excludes halogenated alkanes) is 18. The molecule has 0 radical (unpaired) electrons. The number of rotatable bonds is 57. The van der Waals surface area contributed by atoms with Crippen molar-refractivity contribution in [1.82, 2.24) is 0 Å². The lowest BCUT2D eigenvalue weighted by atomic mass is 10.0. The Morgan fingerprint density at radius 2 is 0.494 bits per heavy atom. The predicted molar refractivity (Wildman–Crippen MR) is 352 cm³/mol. The van der Waals surface area contributed by atoms with Gasteiger partial charge in [0.25, 0.3) is 0 Å². The van der Waals surface area contributed by atoms with Gasteiger partial charge in [0.2, 0.25) is 0 Å². The summed E-state index contributed by atoms with van der Waals surface area (Å²) in [4.78, 5) is 38.3. The molecule has 0 bridgehead atoms. The number of carbonyl (C=O) groups is 3. The zero-order chi connectivity index (χ0) is 58.5. The molecule has 6 nitrogen and oxygen atoms in total. The van der Waals surface area contributed by atoms with Crippen molar-refractivity contribution in [1.29, 1.82) is 0 Å². The zero-order valence-electron chi connectivity index (χ0n) is 52.0. The van der Waals surface area contributed by atoms with Gasteiger partial charge in [-0.3, -0.25) is 14.4 Å². The second-order valence-electron chi connectivity index (χ2n) is 20.9. The van der Waals surface area contributed by atoms with Gasteiger partial charge in [0, 0.05) is 19.3 Å². The molecule has 0 aliphatic heterocycles. The Bertz CT molecular complexity index is 1860. The first-order chi connectivity index (χ1) is 40.0. The van der Waals surface area contributed by atoms with E-state index >= 15 is 0 Å². The molecule has 454 valence electrons. The average molecular weight is 1120 g/mol. The summed E-state index contributed by atoms with van der Waals surface area (Å²) in [5.74, 6) is -0.994. The summed E-state index contributed by atoms with van der Waals surface area (Å²) in [5.41, 5.74) is 0. The van der Waals surface area contributed by atoms with Gasteiger partial charge in [0.1, 0.15) is 13.2 Å². The Kier molecular flexibility index (Phi) is 62.9. The van der Waals surface area contributed by atoms with Crippen LogP contribution in [0.3, 0.4) is 0 Å². The average Bonchev–Trinajstić information content (AvgIpc) is 3.46. The minimum absolute atomic E-state index is 0.112. The van der Waals surface area contributed by atoms with Gasteiger partial charge >= 0.3 is 17.9 Å². The summed E-state index contributed by atoms with van der Waals surface area (Å²) in [6, 6.07) is 0. The van der Waals surface area contributed by atoms with Crippen molar-refractivity contribution < 1.29 is 28.6 Å². The van der Waals surface area contributed by atoms with Crippen molar-refractivity contribution in [2.45, 2.75) is 271 Å². The molecule has 0 amide bonds. The van der Waals surface area contributed by atoms with Gasteiger partial charge in [-0.2, -0.15) is 0 Å². The van der Waals surface area contributed by atoms with Crippen molar-refractivity contribution in [2.24, 2.45) is 0 Å². The Morgan fingerprint density at radius 3 is 0.790 bits per heavy atom. The molecule has 81 heavy (non-hydrogen) atoms.